The molecule has 1 rings (SSSR count). The van der Waals surface area contributed by atoms with E-state index in [4.69, 9.17) is 5.73 Å². The highest BCUT2D eigenvalue weighted by Crippen LogP contribution is 2.17. The zero-order valence-corrected chi connectivity index (χ0v) is 12.4. The Morgan fingerprint density at radius 3 is 2.83 bits per heavy atom. The number of hydrogen-bond acceptors (Lipinski definition) is 2. The molecule has 1 atom stereocenters. The summed E-state index contributed by atoms with van der Waals surface area (Å²) in [7, 11) is 0. The molecule has 0 aliphatic rings. The third kappa shape index (κ3) is 5.65. The molecule has 0 aliphatic carbocycles. The Labute approximate surface area is 117 Å². The van der Waals surface area contributed by atoms with Gasteiger partial charge in [0, 0.05) is 10.9 Å². The largest absolute Gasteiger partial charge is 0.350 e. The van der Waals surface area contributed by atoms with E-state index in [0.717, 1.165) is 29.3 Å². The number of benzene rings is 1. The quantitative estimate of drug-likeness (QED) is 0.760. The first kappa shape index (κ1) is 15.2. The van der Waals surface area contributed by atoms with Crippen molar-refractivity contribution in [2.45, 2.75) is 38.6 Å². The molecule has 1 aromatic rings. The van der Waals surface area contributed by atoms with Gasteiger partial charge >= 0.3 is 0 Å². The Kier molecular flexibility index (Phi) is 6.98. The van der Waals surface area contributed by atoms with Crippen LogP contribution < -0.4 is 11.1 Å². The number of carbonyl (C=O) groups is 1. The standard InChI is InChI=1S/C14H21BrN2O/c1-11(12-6-5-7-13(15)10-12)17-14(18)8-3-2-4-9-16/h5-7,10-11H,2-4,8-9,16H2,1H3,(H,17,18)/t11-/m0/s1. The predicted octanol–water partition coefficient (Wildman–Crippen LogP) is 3.15. The van der Waals surface area contributed by atoms with Crippen LogP contribution in [0, 0.1) is 0 Å². The molecule has 1 amide bonds. The van der Waals surface area contributed by atoms with Gasteiger partial charge in [-0.25, -0.2) is 0 Å². The van der Waals surface area contributed by atoms with Gasteiger partial charge in [-0.2, -0.15) is 0 Å². The van der Waals surface area contributed by atoms with Crippen LogP contribution >= 0.6 is 15.9 Å². The molecule has 0 spiro atoms. The van der Waals surface area contributed by atoms with Crippen LogP contribution in [0.25, 0.3) is 0 Å². The summed E-state index contributed by atoms with van der Waals surface area (Å²) in [6, 6.07) is 8.04. The molecule has 0 heterocycles. The van der Waals surface area contributed by atoms with E-state index in [1.807, 2.05) is 31.2 Å². The Bertz CT molecular complexity index is 382. The SMILES string of the molecule is C[C@H](NC(=O)CCCCCN)c1cccc(Br)c1. The molecule has 0 fully saturated rings. The van der Waals surface area contributed by atoms with Crippen molar-refractivity contribution in [3.63, 3.8) is 0 Å². The van der Waals surface area contributed by atoms with Crippen LogP contribution in [0.2, 0.25) is 0 Å². The molecular weight excluding hydrogens is 292 g/mol. The van der Waals surface area contributed by atoms with Crippen LogP contribution in [0.4, 0.5) is 0 Å². The molecule has 0 bridgehead atoms. The van der Waals surface area contributed by atoms with Crippen molar-refractivity contribution in [3.8, 4) is 0 Å². The maximum absolute atomic E-state index is 11.7. The molecule has 0 unspecified atom stereocenters. The summed E-state index contributed by atoms with van der Waals surface area (Å²) < 4.78 is 1.03. The molecule has 0 aromatic heterocycles. The van der Waals surface area contributed by atoms with Gasteiger partial charge in [-0.15, -0.1) is 0 Å². The Balaban J connectivity index is 2.35. The summed E-state index contributed by atoms with van der Waals surface area (Å²) in [4.78, 5) is 11.7. The van der Waals surface area contributed by atoms with Gasteiger partial charge in [0.25, 0.3) is 0 Å². The van der Waals surface area contributed by atoms with E-state index in [1.165, 1.54) is 0 Å². The fourth-order valence-electron chi connectivity index (χ4n) is 1.78. The van der Waals surface area contributed by atoms with Gasteiger partial charge in [-0.1, -0.05) is 34.5 Å². The van der Waals surface area contributed by atoms with Crippen molar-refractivity contribution in [1.29, 1.82) is 0 Å². The lowest BCUT2D eigenvalue weighted by molar-refractivity contribution is -0.121. The smallest absolute Gasteiger partial charge is 0.220 e. The Morgan fingerprint density at radius 2 is 2.17 bits per heavy atom. The predicted molar refractivity (Wildman–Crippen MR) is 78.2 cm³/mol. The molecule has 0 saturated carbocycles. The van der Waals surface area contributed by atoms with Gasteiger partial charge in [0.05, 0.1) is 6.04 Å². The monoisotopic (exact) mass is 312 g/mol. The molecule has 0 aliphatic heterocycles. The Morgan fingerprint density at radius 1 is 1.39 bits per heavy atom. The summed E-state index contributed by atoms with van der Waals surface area (Å²) in [6.07, 6.45) is 3.51. The van der Waals surface area contributed by atoms with E-state index >= 15 is 0 Å². The van der Waals surface area contributed by atoms with Gasteiger partial charge < -0.3 is 11.1 Å². The molecule has 100 valence electrons. The second-order valence-electron chi connectivity index (χ2n) is 4.44. The van der Waals surface area contributed by atoms with Gasteiger partial charge in [0.15, 0.2) is 0 Å². The number of halogens is 1. The van der Waals surface area contributed by atoms with Crippen molar-refractivity contribution in [2.24, 2.45) is 5.73 Å². The minimum Gasteiger partial charge on any atom is -0.350 e. The average Bonchev–Trinajstić information content (AvgIpc) is 2.34. The fraction of sp³-hybridized carbons (Fsp3) is 0.500. The first-order valence-corrected chi connectivity index (χ1v) is 7.17. The third-order valence-electron chi connectivity index (χ3n) is 2.83. The first-order chi connectivity index (χ1) is 8.63. The van der Waals surface area contributed by atoms with Crippen molar-refractivity contribution in [3.05, 3.63) is 34.3 Å². The maximum Gasteiger partial charge on any atom is 0.220 e. The van der Waals surface area contributed by atoms with Crippen molar-refractivity contribution < 1.29 is 4.79 Å². The minimum atomic E-state index is 0.0458. The summed E-state index contributed by atoms with van der Waals surface area (Å²) in [5, 5.41) is 3.01. The van der Waals surface area contributed by atoms with Crippen molar-refractivity contribution in [2.75, 3.05) is 6.54 Å². The summed E-state index contributed by atoms with van der Waals surface area (Å²) in [6.45, 7) is 2.70. The fourth-order valence-corrected chi connectivity index (χ4v) is 2.20. The zero-order chi connectivity index (χ0) is 13.4. The normalized spacial score (nSPS) is 12.2. The van der Waals surface area contributed by atoms with Crippen LogP contribution in [-0.2, 0) is 4.79 Å². The molecule has 18 heavy (non-hydrogen) atoms. The van der Waals surface area contributed by atoms with E-state index in [1.54, 1.807) is 0 Å². The van der Waals surface area contributed by atoms with E-state index < -0.39 is 0 Å². The number of unbranched alkanes of at least 4 members (excludes halogenated alkanes) is 2. The van der Waals surface area contributed by atoms with Gasteiger partial charge in [-0.3, -0.25) is 4.79 Å². The zero-order valence-electron chi connectivity index (χ0n) is 10.8. The van der Waals surface area contributed by atoms with E-state index in [0.29, 0.717) is 13.0 Å². The van der Waals surface area contributed by atoms with E-state index in [2.05, 4.69) is 21.2 Å². The second-order valence-corrected chi connectivity index (χ2v) is 5.36. The average molecular weight is 313 g/mol. The minimum absolute atomic E-state index is 0.0458. The number of hydrogen-bond donors (Lipinski definition) is 2. The van der Waals surface area contributed by atoms with Gasteiger partial charge in [-0.05, 0) is 44.0 Å². The van der Waals surface area contributed by atoms with E-state index in [9.17, 15) is 4.79 Å². The summed E-state index contributed by atoms with van der Waals surface area (Å²) in [5.74, 6) is 0.111. The highest BCUT2D eigenvalue weighted by molar-refractivity contribution is 9.10. The molecule has 3 N–H and O–H groups in total. The lowest BCUT2D eigenvalue weighted by Gasteiger charge is -2.14. The molecule has 0 saturated heterocycles. The van der Waals surface area contributed by atoms with Crippen LogP contribution in [-0.4, -0.2) is 12.5 Å². The van der Waals surface area contributed by atoms with E-state index in [-0.39, 0.29) is 11.9 Å². The molecule has 3 nitrogen and oxygen atoms in total. The van der Waals surface area contributed by atoms with Crippen molar-refractivity contribution in [1.82, 2.24) is 5.32 Å². The maximum atomic E-state index is 11.7. The van der Waals surface area contributed by atoms with Gasteiger partial charge in [0.1, 0.15) is 0 Å². The molecule has 4 heteroatoms. The van der Waals surface area contributed by atoms with Crippen molar-refractivity contribution >= 4 is 21.8 Å². The topological polar surface area (TPSA) is 55.1 Å². The van der Waals surface area contributed by atoms with Crippen LogP contribution in [0.3, 0.4) is 0 Å². The second kappa shape index (κ2) is 8.27. The first-order valence-electron chi connectivity index (χ1n) is 6.38. The summed E-state index contributed by atoms with van der Waals surface area (Å²) in [5.41, 5.74) is 6.52. The summed E-state index contributed by atoms with van der Waals surface area (Å²) >= 11 is 3.43. The number of amides is 1. The molecular formula is C14H21BrN2O. The number of rotatable bonds is 7. The van der Waals surface area contributed by atoms with Gasteiger partial charge in [0.2, 0.25) is 5.91 Å². The lowest BCUT2D eigenvalue weighted by Crippen LogP contribution is -2.26. The Hall–Kier alpha value is -0.870. The number of nitrogens with one attached hydrogen (secondary N) is 1. The molecule has 0 radical (unpaired) electrons. The van der Waals surface area contributed by atoms with Crippen LogP contribution in [0.1, 0.15) is 44.2 Å². The lowest BCUT2D eigenvalue weighted by atomic mass is 10.1. The number of nitrogens with two attached hydrogens (primary N) is 1. The third-order valence-corrected chi connectivity index (χ3v) is 3.33. The highest BCUT2D eigenvalue weighted by atomic mass is 79.9. The van der Waals surface area contributed by atoms with Crippen LogP contribution in [0.15, 0.2) is 28.7 Å². The van der Waals surface area contributed by atoms with Crippen LogP contribution in [0.5, 0.6) is 0 Å². The molecule has 1 aromatic carbocycles. The highest BCUT2D eigenvalue weighted by Gasteiger charge is 2.09. The number of carbonyl (C=O) groups excluding carboxylic acids is 1.